The van der Waals surface area contributed by atoms with E-state index in [0.29, 0.717) is 12.8 Å². The van der Waals surface area contributed by atoms with E-state index >= 15 is 0 Å². The zero-order valence-corrected chi connectivity index (χ0v) is 22.1. The van der Waals surface area contributed by atoms with Crippen LogP contribution in [0.15, 0.2) is 78.9 Å². The van der Waals surface area contributed by atoms with Crippen molar-refractivity contribution in [2.75, 3.05) is 5.32 Å². The summed E-state index contributed by atoms with van der Waals surface area (Å²) in [6.07, 6.45) is 0.921. The largest absolute Gasteiger partial charge is 0.461 e. The van der Waals surface area contributed by atoms with Crippen molar-refractivity contribution in [2.45, 2.75) is 52.7 Å². The molecule has 0 aliphatic carbocycles. The zero-order valence-electron chi connectivity index (χ0n) is 22.1. The van der Waals surface area contributed by atoms with Gasteiger partial charge in [0.25, 0.3) is 0 Å². The maximum Gasteiger partial charge on any atom is 0.310 e. The fourth-order valence-electron chi connectivity index (χ4n) is 5.11. The molecular weight excluding hydrogens is 472 g/mol. The summed E-state index contributed by atoms with van der Waals surface area (Å²) in [5.41, 5.74) is 9.98. The van der Waals surface area contributed by atoms with Crippen molar-refractivity contribution >= 4 is 17.4 Å². The lowest BCUT2D eigenvalue weighted by molar-refractivity contribution is -0.144. The van der Waals surface area contributed by atoms with Crippen LogP contribution in [0.2, 0.25) is 0 Å². The van der Waals surface area contributed by atoms with Gasteiger partial charge in [0, 0.05) is 29.9 Å². The molecule has 1 aromatic heterocycles. The fraction of sp³-hybridized carbons (Fsp3) is 0.242. The summed E-state index contributed by atoms with van der Waals surface area (Å²) >= 11 is 0. The predicted octanol–water partition coefficient (Wildman–Crippen LogP) is 6.63. The number of esters is 1. The van der Waals surface area contributed by atoms with Crippen molar-refractivity contribution in [3.63, 3.8) is 0 Å². The van der Waals surface area contributed by atoms with Crippen LogP contribution in [0.3, 0.4) is 0 Å². The summed E-state index contributed by atoms with van der Waals surface area (Å²) in [5.74, 6) is -0.107. The zero-order chi connectivity index (χ0) is 26.6. The Kier molecular flexibility index (Phi) is 7.36. The first-order chi connectivity index (χ1) is 18.3. The van der Waals surface area contributed by atoms with E-state index in [9.17, 15) is 9.59 Å². The molecule has 0 radical (unpaired) electrons. The molecule has 0 bridgehead atoms. The van der Waals surface area contributed by atoms with Crippen LogP contribution in [0.4, 0.5) is 5.69 Å². The van der Waals surface area contributed by atoms with Crippen LogP contribution in [0.25, 0.3) is 11.1 Å². The Morgan fingerprint density at radius 1 is 0.921 bits per heavy atom. The van der Waals surface area contributed by atoms with E-state index in [1.165, 1.54) is 0 Å². The SMILES string of the molecule is Cc1cc(-c2cccc(C3CC(=O)Cc4cc(CC(=O)OCc5ccccc5)c(C)cc4N3)c2)cc(C)n1. The molecule has 0 spiro atoms. The molecule has 1 aliphatic rings. The minimum Gasteiger partial charge on any atom is -0.461 e. The topological polar surface area (TPSA) is 68.3 Å². The average Bonchev–Trinajstić information content (AvgIpc) is 3.05. The third-order valence-corrected chi connectivity index (χ3v) is 6.99. The molecule has 1 unspecified atom stereocenters. The van der Waals surface area contributed by atoms with E-state index < -0.39 is 0 Å². The standard InChI is InChI=1S/C33H32N2O3/c1-21-12-31-29(16-27(21)18-33(37)38-20-24-8-5-4-6-9-24)17-30(36)19-32(35-31)26-11-7-10-25(15-26)28-13-22(2)34-23(3)14-28/h4-16,32,35H,17-20H2,1-3H3. The number of rotatable bonds is 6. The van der Waals surface area contributed by atoms with Crippen molar-refractivity contribution in [2.24, 2.45) is 0 Å². The number of pyridine rings is 1. The molecule has 0 fully saturated rings. The number of ketones is 1. The Labute approximate surface area is 223 Å². The van der Waals surface area contributed by atoms with Crippen molar-refractivity contribution in [3.05, 3.63) is 118 Å². The molecule has 5 nitrogen and oxygen atoms in total. The van der Waals surface area contributed by atoms with E-state index in [1.54, 1.807) is 0 Å². The Morgan fingerprint density at radius 2 is 1.68 bits per heavy atom. The average molecular weight is 505 g/mol. The fourth-order valence-corrected chi connectivity index (χ4v) is 5.11. The molecule has 0 saturated heterocycles. The number of aromatic nitrogens is 1. The summed E-state index contributed by atoms with van der Waals surface area (Å²) in [4.78, 5) is 30.1. The number of ether oxygens (including phenoxy) is 1. The molecule has 0 amide bonds. The molecule has 1 N–H and O–H groups in total. The van der Waals surface area contributed by atoms with Crippen molar-refractivity contribution in [3.8, 4) is 11.1 Å². The van der Waals surface area contributed by atoms with Crippen molar-refractivity contribution in [1.82, 2.24) is 4.98 Å². The van der Waals surface area contributed by atoms with Gasteiger partial charge in [0.1, 0.15) is 12.4 Å². The van der Waals surface area contributed by atoms with Crippen LogP contribution in [0.5, 0.6) is 0 Å². The van der Waals surface area contributed by atoms with Gasteiger partial charge >= 0.3 is 5.97 Å². The first-order valence-electron chi connectivity index (χ1n) is 13.0. The number of benzene rings is 3. The molecule has 1 aliphatic heterocycles. The van der Waals surface area contributed by atoms with E-state index in [0.717, 1.165) is 56.0 Å². The number of nitrogens with zero attached hydrogens (tertiary/aromatic N) is 1. The first kappa shape index (κ1) is 25.4. The maximum atomic E-state index is 13.0. The van der Waals surface area contributed by atoms with E-state index in [1.807, 2.05) is 63.2 Å². The number of hydrogen-bond donors (Lipinski definition) is 1. The first-order valence-corrected chi connectivity index (χ1v) is 13.0. The molecule has 3 aromatic carbocycles. The van der Waals surface area contributed by atoms with Gasteiger partial charge in [0.05, 0.1) is 12.5 Å². The van der Waals surface area contributed by atoms with Gasteiger partial charge in [-0.25, -0.2) is 0 Å². The van der Waals surface area contributed by atoms with Crippen LogP contribution >= 0.6 is 0 Å². The number of nitrogens with one attached hydrogen (secondary N) is 1. The van der Waals surface area contributed by atoms with Crippen LogP contribution in [0.1, 0.15) is 51.7 Å². The summed E-state index contributed by atoms with van der Waals surface area (Å²) in [6.45, 7) is 6.26. The summed E-state index contributed by atoms with van der Waals surface area (Å²) in [6, 6.07) is 26.1. The molecule has 5 rings (SSSR count). The number of carbonyl (C=O) groups excluding carboxylic acids is 2. The summed E-state index contributed by atoms with van der Waals surface area (Å²) < 4.78 is 5.49. The second-order valence-electron chi connectivity index (χ2n) is 10.1. The second kappa shape index (κ2) is 11.0. The second-order valence-corrected chi connectivity index (χ2v) is 10.1. The number of carbonyl (C=O) groups is 2. The van der Waals surface area contributed by atoms with Crippen molar-refractivity contribution in [1.29, 1.82) is 0 Å². The summed E-state index contributed by atoms with van der Waals surface area (Å²) in [7, 11) is 0. The minimum atomic E-state index is -0.277. The van der Waals surface area contributed by atoms with Crippen LogP contribution < -0.4 is 5.32 Å². The number of anilines is 1. The monoisotopic (exact) mass is 504 g/mol. The number of fused-ring (bicyclic) bond motifs is 1. The third-order valence-electron chi connectivity index (χ3n) is 6.99. The lowest BCUT2D eigenvalue weighted by Crippen LogP contribution is -2.13. The molecular formula is C33H32N2O3. The van der Waals surface area contributed by atoms with Gasteiger partial charge in [0.2, 0.25) is 0 Å². The third kappa shape index (κ3) is 6.00. The van der Waals surface area contributed by atoms with E-state index in [2.05, 4.69) is 46.7 Å². The van der Waals surface area contributed by atoms with E-state index in [4.69, 9.17) is 4.74 Å². The number of Topliss-reactive ketones (excluding diaryl/α,β-unsaturated/α-hetero) is 1. The predicted molar refractivity (Wildman–Crippen MR) is 150 cm³/mol. The Balaban J connectivity index is 1.35. The highest BCUT2D eigenvalue weighted by Gasteiger charge is 2.24. The van der Waals surface area contributed by atoms with Gasteiger partial charge in [-0.2, -0.15) is 0 Å². The maximum absolute atomic E-state index is 13.0. The van der Waals surface area contributed by atoms with Gasteiger partial charge in [0.15, 0.2) is 0 Å². The van der Waals surface area contributed by atoms with Crippen LogP contribution in [-0.2, 0) is 33.8 Å². The highest BCUT2D eigenvalue weighted by atomic mass is 16.5. The van der Waals surface area contributed by atoms with Gasteiger partial charge in [-0.15, -0.1) is 0 Å². The Morgan fingerprint density at radius 3 is 2.45 bits per heavy atom. The molecule has 2 heterocycles. The molecule has 38 heavy (non-hydrogen) atoms. The Bertz CT molecular complexity index is 1470. The molecule has 0 saturated carbocycles. The summed E-state index contributed by atoms with van der Waals surface area (Å²) in [5, 5.41) is 3.63. The highest BCUT2D eigenvalue weighted by molar-refractivity contribution is 5.86. The molecule has 5 heteroatoms. The van der Waals surface area contributed by atoms with Crippen molar-refractivity contribution < 1.29 is 14.3 Å². The quantitative estimate of drug-likeness (QED) is 0.299. The van der Waals surface area contributed by atoms with Gasteiger partial charge < -0.3 is 10.1 Å². The van der Waals surface area contributed by atoms with Crippen LogP contribution in [-0.4, -0.2) is 16.7 Å². The number of aryl methyl sites for hydroxylation is 3. The molecule has 4 aromatic rings. The lowest BCUT2D eigenvalue weighted by atomic mass is 9.96. The van der Waals surface area contributed by atoms with Gasteiger partial charge in [-0.1, -0.05) is 54.6 Å². The number of hydrogen-bond acceptors (Lipinski definition) is 5. The normalized spacial score (nSPS) is 14.8. The Hall–Kier alpha value is -4.25. The smallest absolute Gasteiger partial charge is 0.310 e. The van der Waals surface area contributed by atoms with Crippen LogP contribution in [0, 0.1) is 20.8 Å². The van der Waals surface area contributed by atoms with E-state index in [-0.39, 0.29) is 30.8 Å². The van der Waals surface area contributed by atoms with Gasteiger partial charge in [-0.3, -0.25) is 14.6 Å². The lowest BCUT2D eigenvalue weighted by Gasteiger charge is -2.20. The van der Waals surface area contributed by atoms with Gasteiger partial charge in [-0.05, 0) is 84.0 Å². The molecule has 1 atom stereocenters. The highest BCUT2D eigenvalue weighted by Crippen LogP contribution is 2.34. The molecule has 192 valence electrons. The minimum absolute atomic E-state index is 0.131.